The number of thioether (sulfide) groups is 1. The largest absolute Gasteiger partial charge is 0.480 e. The highest BCUT2D eigenvalue weighted by atomic mass is 32.2. The van der Waals surface area contributed by atoms with Gasteiger partial charge in [0, 0.05) is 18.7 Å². The number of nitrogens with zero attached hydrogens (tertiary/aromatic N) is 3. The molecule has 1 atom stereocenters. The molecule has 1 heterocycles. The van der Waals surface area contributed by atoms with E-state index in [1.165, 1.54) is 0 Å². The van der Waals surface area contributed by atoms with Gasteiger partial charge in [-0.25, -0.2) is 4.79 Å². The number of carbonyl (C=O) groups excluding carboxylic acids is 1. The van der Waals surface area contributed by atoms with E-state index < -0.39 is 17.9 Å². The van der Waals surface area contributed by atoms with Crippen molar-refractivity contribution >= 4 is 29.3 Å². The molecule has 1 aromatic heterocycles. The molecular formula is C31H32N4O3S. The molecule has 4 aromatic rings. The first-order valence-corrected chi connectivity index (χ1v) is 14.1. The Balaban J connectivity index is 1.70. The van der Waals surface area contributed by atoms with Gasteiger partial charge in [0.1, 0.15) is 6.04 Å². The molecule has 0 bridgehead atoms. The van der Waals surface area contributed by atoms with Crippen LogP contribution in [0.1, 0.15) is 33.5 Å². The lowest BCUT2D eigenvalue weighted by Crippen LogP contribution is -2.41. The number of aromatic nitrogens is 2. The van der Waals surface area contributed by atoms with Gasteiger partial charge in [0.25, 0.3) is 5.91 Å². The first kappa shape index (κ1) is 27.9. The molecule has 0 aliphatic heterocycles. The van der Waals surface area contributed by atoms with E-state index in [1.54, 1.807) is 30.2 Å². The third kappa shape index (κ3) is 7.45. The van der Waals surface area contributed by atoms with Crippen LogP contribution in [0.15, 0.2) is 91.3 Å². The van der Waals surface area contributed by atoms with E-state index in [0.29, 0.717) is 30.8 Å². The van der Waals surface area contributed by atoms with Crippen LogP contribution in [0.3, 0.4) is 0 Å². The van der Waals surface area contributed by atoms with Gasteiger partial charge in [-0.15, -0.1) is 0 Å². The van der Waals surface area contributed by atoms with Crippen LogP contribution in [0.2, 0.25) is 0 Å². The Labute approximate surface area is 233 Å². The summed E-state index contributed by atoms with van der Waals surface area (Å²) >= 11 is 1.55. The number of nitrogens with one attached hydrogen (secondary N) is 1. The molecule has 0 aliphatic rings. The molecule has 8 heteroatoms. The summed E-state index contributed by atoms with van der Waals surface area (Å²) in [6, 6.07) is 24.8. The molecule has 200 valence electrons. The Morgan fingerprint density at radius 2 is 1.67 bits per heavy atom. The number of carboxylic acids is 1. The Bertz CT molecular complexity index is 1400. The van der Waals surface area contributed by atoms with Gasteiger partial charge in [-0.1, -0.05) is 60.7 Å². The van der Waals surface area contributed by atoms with Gasteiger partial charge in [-0.3, -0.25) is 4.79 Å². The van der Waals surface area contributed by atoms with Crippen LogP contribution in [0.25, 0.3) is 11.1 Å². The Kier molecular flexibility index (Phi) is 9.69. The highest BCUT2D eigenvalue weighted by Gasteiger charge is 2.23. The Hall–Kier alpha value is -4.17. The van der Waals surface area contributed by atoms with Crippen molar-refractivity contribution in [3.8, 4) is 11.1 Å². The molecule has 0 radical (unpaired) electrons. The zero-order valence-electron chi connectivity index (χ0n) is 22.1. The summed E-state index contributed by atoms with van der Waals surface area (Å²) < 4.78 is 0. The maximum absolute atomic E-state index is 13.4. The van der Waals surface area contributed by atoms with Gasteiger partial charge < -0.3 is 15.3 Å². The predicted molar refractivity (Wildman–Crippen MR) is 157 cm³/mol. The van der Waals surface area contributed by atoms with Crippen molar-refractivity contribution in [2.75, 3.05) is 16.9 Å². The second-order valence-corrected chi connectivity index (χ2v) is 10.3. The summed E-state index contributed by atoms with van der Waals surface area (Å²) in [6.07, 6.45) is 5.69. The van der Waals surface area contributed by atoms with Gasteiger partial charge in [0.2, 0.25) is 0 Å². The number of carbonyl (C=O) groups is 2. The zero-order valence-corrected chi connectivity index (χ0v) is 22.9. The summed E-state index contributed by atoms with van der Waals surface area (Å²) in [6.45, 7) is 3.25. The number of rotatable bonds is 12. The van der Waals surface area contributed by atoms with Crippen molar-refractivity contribution in [3.05, 3.63) is 114 Å². The van der Waals surface area contributed by atoms with E-state index in [2.05, 4.69) is 32.5 Å². The molecule has 0 saturated carbocycles. The van der Waals surface area contributed by atoms with Gasteiger partial charge in [-0.05, 0) is 71.4 Å². The van der Waals surface area contributed by atoms with Crippen LogP contribution in [0, 0.1) is 6.92 Å². The molecule has 0 fully saturated rings. The average molecular weight is 541 g/mol. The minimum Gasteiger partial charge on any atom is -0.480 e. The van der Waals surface area contributed by atoms with Crippen molar-refractivity contribution in [2.45, 2.75) is 32.5 Å². The molecule has 7 nitrogen and oxygen atoms in total. The first-order chi connectivity index (χ1) is 19.0. The number of benzene rings is 3. The zero-order chi connectivity index (χ0) is 27.6. The van der Waals surface area contributed by atoms with Crippen LogP contribution in [0.5, 0.6) is 0 Å². The Morgan fingerprint density at radius 3 is 2.36 bits per heavy atom. The lowest BCUT2D eigenvalue weighted by atomic mass is 9.93. The molecule has 0 saturated heterocycles. The summed E-state index contributed by atoms with van der Waals surface area (Å²) in [7, 11) is 0. The summed E-state index contributed by atoms with van der Waals surface area (Å²) in [5.74, 6) is -0.788. The second-order valence-electron chi connectivity index (χ2n) is 9.28. The molecule has 0 spiro atoms. The van der Waals surface area contributed by atoms with Crippen molar-refractivity contribution in [1.82, 2.24) is 15.5 Å². The smallest absolute Gasteiger partial charge is 0.326 e. The fourth-order valence-electron chi connectivity index (χ4n) is 4.45. The SMILES string of the molecule is CSCCC(NC(=O)c1ccc(CN(Cc2ccccc2)c2ccnnc2)cc1-c1ccccc1C)C(=O)O. The van der Waals surface area contributed by atoms with Crippen molar-refractivity contribution < 1.29 is 14.7 Å². The molecule has 3 aromatic carbocycles. The second kappa shape index (κ2) is 13.6. The Morgan fingerprint density at radius 1 is 0.923 bits per heavy atom. The standard InChI is InChI=1S/C31H32N4O3S/c1-22-8-6-7-11-26(22)28-18-24(12-13-27(28)30(36)34-29(31(37)38)15-17-39-2)21-35(25-14-16-32-33-19-25)20-23-9-4-3-5-10-23/h3-14,16,18-19,29H,15,17,20-21H2,1-2H3,(H,34,36)(H,37,38). The van der Waals surface area contributed by atoms with E-state index in [4.69, 9.17) is 0 Å². The molecule has 2 N–H and O–H groups in total. The summed E-state index contributed by atoms with van der Waals surface area (Å²) in [5, 5.41) is 20.4. The van der Waals surface area contributed by atoms with Gasteiger partial charge in [0.05, 0.1) is 18.1 Å². The van der Waals surface area contributed by atoms with E-state index in [1.807, 2.05) is 73.8 Å². The quantitative estimate of drug-likeness (QED) is 0.242. The van der Waals surface area contributed by atoms with E-state index in [9.17, 15) is 14.7 Å². The number of carboxylic acid groups (broad SMARTS) is 1. The first-order valence-electron chi connectivity index (χ1n) is 12.7. The van der Waals surface area contributed by atoms with Crippen LogP contribution in [-0.2, 0) is 17.9 Å². The molecule has 1 unspecified atom stereocenters. The topological polar surface area (TPSA) is 95.4 Å². The summed E-state index contributed by atoms with van der Waals surface area (Å²) in [4.78, 5) is 27.4. The van der Waals surface area contributed by atoms with Crippen LogP contribution in [0.4, 0.5) is 5.69 Å². The minimum atomic E-state index is -1.03. The van der Waals surface area contributed by atoms with Crippen LogP contribution >= 0.6 is 11.8 Å². The number of aryl methyl sites for hydroxylation is 1. The van der Waals surface area contributed by atoms with E-state index >= 15 is 0 Å². The molecule has 0 aliphatic carbocycles. The molecule has 39 heavy (non-hydrogen) atoms. The van der Waals surface area contributed by atoms with Crippen LogP contribution < -0.4 is 10.2 Å². The predicted octanol–water partition coefficient (Wildman–Crippen LogP) is 5.59. The number of anilines is 1. The highest BCUT2D eigenvalue weighted by molar-refractivity contribution is 7.98. The van der Waals surface area contributed by atoms with Gasteiger partial charge in [-0.2, -0.15) is 22.0 Å². The van der Waals surface area contributed by atoms with Crippen LogP contribution in [-0.4, -0.2) is 45.2 Å². The minimum absolute atomic E-state index is 0.356. The summed E-state index contributed by atoms with van der Waals surface area (Å²) in [5.41, 5.74) is 6.28. The number of amides is 1. The molecular weight excluding hydrogens is 508 g/mol. The maximum Gasteiger partial charge on any atom is 0.326 e. The number of hydrogen-bond acceptors (Lipinski definition) is 6. The third-order valence-corrected chi connectivity index (χ3v) is 7.15. The van der Waals surface area contributed by atoms with Gasteiger partial charge >= 0.3 is 5.97 Å². The average Bonchev–Trinajstić information content (AvgIpc) is 2.96. The van der Waals surface area contributed by atoms with Crippen molar-refractivity contribution in [2.24, 2.45) is 0 Å². The maximum atomic E-state index is 13.4. The fourth-order valence-corrected chi connectivity index (χ4v) is 4.92. The number of hydrogen-bond donors (Lipinski definition) is 2. The molecule has 1 amide bonds. The van der Waals surface area contributed by atoms with E-state index in [0.717, 1.165) is 33.5 Å². The highest BCUT2D eigenvalue weighted by Crippen LogP contribution is 2.30. The molecule has 4 rings (SSSR count). The van der Waals surface area contributed by atoms with Crippen molar-refractivity contribution in [3.63, 3.8) is 0 Å². The number of aliphatic carboxylic acids is 1. The fraction of sp³-hybridized carbons (Fsp3) is 0.226. The third-order valence-electron chi connectivity index (χ3n) is 6.50. The van der Waals surface area contributed by atoms with Gasteiger partial charge in [0.15, 0.2) is 0 Å². The normalized spacial score (nSPS) is 11.5. The van der Waals surface area contributed by atoms with E-state index in [-0.39, 0.29) is 0 Å². The lowest BCUT2D eigenvalue weighted by molar-refractivity contribution is -0.139. The lowest BCUT2D eigenvalue weighted by Gasteiger charge is -2.25. The monoisotopic (exact) mass is 540 g/mol. The van der Waals surface area contributed by atoms with Crippen molar-refractivity contribution in [1.29, 1.82) is 0 Å².